The molecule has 3 heteroatoms. The van der Waals surface area contributed by atoms with E-state index in [4.69, 9.17) is 0 Å². The number of rotatable bonds is 4. The van der Waals surface area contributed by atoms with Crippen LogP contribution in [0.25, 0.3) is 0 Å². The molecule has 0 saturated heterocycles. The molecule has 0 saturated carbocycles. The van der Waals surface area contributed by atoms with Gasteiger partial charge in [0.2, 0.25) is 0 Å². The lowest BCUT2D eigenvalue weighted by Gasteiger charge is -2.19. The Morgan fingerprint density at radius 1 is 1.00 bits per heavy atom. The van der Waals surface area contributed by atoms with Gasteiger partial charge in [0.15, 0.2) is 0 Å². The van der Waals surface area contributed by atoms with E-state index in [1.807, 2.05) is 24.3 Å². The fourth-order valence-electron chi connectivity index (χ4n) is 2.99. The van der Waals surface area contributed by atoms with Crippen molar-refractivity contribution in [3.8, 4) is 0 Å². The molecule has 1 aliphatic rings. The molecular weight excluding hydrogens is 296 g/mol. The van der Waals surface area contributed by atoms with E-state index in [1.165, 1.54) is 11.1 Å². The summed E-state index contributed by atoms with van der Waals surface area (Å²) in [5.41, 5.74) is 4.91. The molecule has 1 heterocycles. The maximum atomic E-state index is 12.2. The minimum atomic E-state index is 0.00973. The van der Waals surface area contributed by atoms with E-state index in [0.717, 1.165) is 30.8 Å². The first-order valence-electron chi connectivity index (χ1n) is 8.62. The molecule has 3 rings (SSSR count). The summed E-state index contributed by atoms with van der Waals surface area (Å²) in [4.78, 5) is 14.6. The number of nitrogens with zero attached hydrogens (tertiary/aromatic N) is 1. The van der Waals surface area contributed by atoms with Gasteiger partial charge in [-0.2, -0.15) is 0 Å². The van der Waals surface area contributed by atoms with Crippen LogP contribution >= 0.6 is 0 Å². The zero-order valence-electron chi connectivity index (χ0n) is 14.8. The summed E-state index contributed by atoms with van der Waals surface area (Å²) in [6, 6.07) is 16.5. The van der Waals surface area contributed by atoms with E-state index in [2.05, 4.69) is 55.3 Å². The lowest BCUT2D eigenvalue weighted by molar-refractivity contribution is 0.0949. The lowest BCUT2D eigenvalue weighted by atomic mass is 9.92. The predicted molar refractivity (Wildman–Crippen MR) is 99.2 cm³/mol. The highest BCUT2D eigenvalue weighted by atomic mass is 16.1. The van der Waals surface area contributed by atoms with Crippen molar-refractivity contribution < 1.29 is 4.79 Å². The van der Waals surface area contributed by atoms with Gasteiger partial charge in [0.1, 0.15) is 0 Å². The van der Waals surface area contributed by atoms with Crippen LogP contribution in [0, 0.1) is 5.41 Å². The highest BCUT2D eigenvalue weighted by Crippen LogP contribution is 2.28. The van der Waals surface area contributed by atoms with Crippen LogP contribution in [-0.4, -0.2) is 12.5 Å². The molecule has 3 nitrogen and oxygen atoms in total. The molecule has 2 aromatic carbocycles. The van der Waals surface area contributed by atoms with Gasteiger partial charge in [0, 0.05) is 30.9 Å². The summed E-state index contributed by atoms with van der Waals surface area (Å²) in [7, 11) is 0. The molecule has 126 valence electrons. The van der Waals surface area contributed by atoms with Crippen molar-refractivity contribution >= 4 is 11.6 Å². The molecule has 1 amide bonds. The van der Waals surface area contributed by atoms with Crippen molar-refractivity contribution in [2.45, 2.75) is 40.3 Å². The van der Waals surface area contributed by atoms with Crippen LogP contribution in [0.3, 0.4) is 0 Å². The summed E-state index contributed by atoms with van der Waals surface area (Å²) in [6.07, 6.45) is 0.975. The second kappa shape index (κ2) is 6.68. The van der Waals surface area contributed by atoms with E-state index in [0.29, 0.717) is 6.54 Å². The Kier molecular flexibility index (Phi) is 4.61. The molecule has 0 spiro atoms. The van der Waals surface area contributed by atoms with Gasteiger partial charge in [-0.3, -0.25) is 4.79 Å². The van der Waals surface area contributed by atoms with Gasteiger partial charge in [-0.05, 0) is 47.2 Å². The SMILES string of the molecule is CC(C)(C)CCNC(=O)c1ccc(N2Cc3ccccc3C2)cc1. The van der Waals surface area contributed by atoms with Gasteiger partial charge in [-0.15, -0.1) is 0 Å². The van der Waals surface area contributed by atoms with Crippen LogP contribution in [0.1, 0.15) is 48.7 Å². The second-order valence-electron chi connectivity index (χ2n) is 7.74. The van der Waals surface area contributed by atoms with Gasteiger partial charge in [0.05, 0.1) is 0 Å². The maximum Gasteiger partial charge on any atom is 0.251 e. The number of carbonyl (C=O) groups is 1. The van der Waals surface area contributed by atoms with Crippen LogP contribution < -0.4 is 10.2 Å². The maximum absolute atomic E-state index is 12.2. The normalized spacial score (nSPS) is 13.7. The van der Waals surface area contributed by atoms with Crippen LogP contribution in [-0.2, 0) is 13.1 Å². The third kappa shape index (κ3) is 3.97. The largest absolute Gasteiger partial charge is 0.363 e. The molecule has 0 aromatic heterocycles. The molecule has 2 aromatic rings. The summed E-state index contributed by atoms with van der Waals surface area (Å²) in [5.74, 6) is 0.00973. The van der Waals surface area contributed by atoms with E-state index in [-0.39, 0.29) is 11.3 Å². The average molecular weight is 322 g/mol. The topological polar surface area (TPSA) is 32.3 Å². The molecule has 24 heavy (non-hydrogen) atoms. The first-order valence-corrected chi connectivity index (χ1v) is 8.62. The molecular formula is C21H26N2O. The van der Waals surface area contributed by atoms with Gasteiger partial charge in [-0.1, -0.05) is 45.0 Å². The molecule has 1 aliphatic heterocycles. The molecule has 0 aliphatic carbocycles. The number of nitrogens with one attached hydrogen (secondary N) is 1. The standard InChI is InChI=1S/C21H26N2O/c1-21(2,3)12-13-22-20(24)16-8-10-19(11-9-16)23-14-17-6-4-5-7-18(17)15-23/h4-11H,12-15H2,1-3H3,(H,22,24). The summed E-state index contributed by atoms with van der Waals surface area (Å²) in [5, 5.41) is 3.01. The fourth-order valence-corrected chi connectivity index (χ4v) is 2.99. The van der Waals surface area contributed by atoms with Crippen molar-refractivity contribution in [1.82, 2.24) is 5.32 Å². The third-order valence-electron chi connectivity index (χ3n) is 4.50. The second-order valence-corrected chi connectivity index (χ2v) is 7.74. The van der Waals surface area contributed by atoms with Crippen LogP contribution in [0.15, 0.2) is 48.5 Å². The van der Waals surface area contributed by atoms with Gasteiger partial charge < -0.3 is 10.2 Å². The Hall–Kier alpha value is -2.29. The van der Waals surface area contributed by atoms with E-state index in [9.17, 15) is 4.79 Å². The van der Waals surface area contributed by atoms with Crippen molar-refractivity contribution in [1.29, 1.82) is 0 Å². The summed E-state index contributed by atoms with van der Waals surface area (Å²) in [6.45, 7) is 9.14. The van der Waals surface area contributed by atoms with Gasteiger partial charge in [0.25, 0.3) is 5.91 Å². The average Bonchev–Trinajstić information content (AvgIpc) is 2.98. The Balaban J connectivity index is 1.59. The Morgan fingerprint density at radius 3 is 2.12 bits per heavy atom. The minimum absolute atomic E-state index is 0.00973. The molecule has 0 radical (unpaired) electrons. The monoisotopic (exact) mass is 322 g/mol. The van der Waals surface area contributed by atoms with Crippen LogP contribution in [0.2, 0.25) is 0 Å². The number of amides is 1. The highest BCUT2D eigenvalue weighted by molar-refractivity contribution is 5.94. The molecule has 0 fully saturated rings. The van der Waals surface area contributed by atoms with E-state index in [1.54, 1.807) is 0 Å². The molecule has 1 N–H and O–H groups in total. The molecule has 0 unspecified atom stereocenters. The number of benzene rings is 2. The van der Waals surface area contributed by atoms with Crippen molar-refractivity contribution in [3.63, 3.8) is 0 Å². The third-order valence-corrected chi connectivity index (χ3v) is 4.50. The summed E-state index contributed by atoms with van der Waals surface area (Å²) >= 11 is 0. The first-order chi connectivity index (χ1) is 11.4. The Labute approximate surface area is 144 Å². The smallest absolute Gasteiger partial charge is 0.251 e. The number of carbonyl (C=O) groups excluding carboxylic acids is 1. The zero-order valence-corrected chi connectivity index (χ0v) is 14.8. The molecule has 0 atom stereocenters. The van der Waals surface area contributed by atoms with Crippen molar-refractivity contribution in [2.75, 3.05) is 11.4 Å². The predicted octanol–water partition coefficient (Wildman–Crippen LogP) is 4.37. The van der Waals surface area contributed by atoms with Gasteiger partial charge >= 0.3 is 0 Å². The number of hydrogen-bond acceptors (Lipinski definition) is 2. The van der Waals surface area contributed by atoms with E-state index >= 15 is 0 Å². The van der Waals surface area contributed by atoms with Crippen molar-refractivity contribution in [3.05, 3.63) is 65.2 Å². The van der Waals surface area contributed by atoms with Gasteiger partial charge in [-0.25, -0.2) is 0 Å². The number of fused-ring (bicyclic) bond motifs is 1. The first kappa shape index (κ1) is 16.6. The Bertz CT molecular complexity index is 688. The highest BCUT2D eigenvalue weighted by Gasteiger charge is 2.18. The van der Waals surface area contributed by atoms with Crippen molar-refractivity contribution in [2.24, 2.45) is 5.41 Å². The lowest BCUT2D eigenvalue weighted by Crippen LogP contribution is -2.27. The quantitative estimate of drug-likeness (QED) is 0.906. The summed E-state index contributed by atoms with van der Waals surface area (Å²) < 4.78 is 0. The number of anilines is 1. The Morgan fingerprint density at radius 2 is 1.58 bits per heavy atom. The fraction of sp³-hybridized carbons (Fsp3) is 0.381. The zero-order chi connectivity index (χ0) is 17.2. The molecule has 0 bridgehead atoms. The minimum Gasteiger partial charge on any atom is -0.363 e. The van der Waals surface area contributed by atoms with E-state index < -0.39 is 0 Å². The van der Waals surface area contributed by atoms with Crippen LogP contribution in [0.5, 0.6) is 0 Å². The number of hydrogen-bond donors (Lipinski definition) is 1. The van der Waals surface area contributed by atoms with Crippen LogP contribution in [0.4, 0.5) is 5.69 Å².